The van der Waals surface area contributed by atoms with Crippen LogP contribution in [0.2, 0.25) is 0 Å². The fourth-order valence-electron chi connectivity index (χ4n) is 1.13. The molecular formula is C9H15N3OS. The summed E-state index contributed by atoms with van der Waals surface area (Å²) in [6, 6.07) is 0. The van der Waals surface area contributed by atoms with Gasteiger partial charge in [0, 0.05) is 24.7 Å². The number of nitrogens with one attached hydrogen (secondary N) is 1. The Hall–Kier alpha value is -0.680. The van der Waals surface area contributed by atoms with Gasteiger partial charge in [-0.2, -0.15) is 4.37 Å². The average molecular weight is 213 g/mol. The second kappa shape index (κ2) is 4.70. The summed E-state index contributed by atoms with van der Waals surface area (Å²) < 4.78 is 9.56. The number of nitrogens with zero attached hydrogens (tertiary/aromatic N) is 2. The van der Waals surface area contributed by atoms with Gasteiger partial charge in [0.15, 0.2) is 0 Å². The molecule has 0 aliphatic heterocycles. The Labute approximate surface area is 87.9 Å². The van der Waals surface area contributed by atoms with Crippen LogP contribution in [0.4, 0.5) is 5.13 Å². The van der Waals surface area contributed by atoms with Crippen molar-refractivity contribution in [3.05, 3.63) is 5.82 Å². The molecule has 0 saturated heterocycles. The molecule has 1 aliphatic rings. The molecule has 4 nitrogen and oxygen atoms in total. The minimum Gasteiger partial charge on any atom is -0.379 e. The number of anilines is 1. The van der Waals surface area contributed by atoms with Gasteiger partial charge in [0.2, 0.25) is 5.13 Å². The van der Waals surface area contributed by atoms with Crippen molar-refractivity contribution in [2.75, 3.05) is 25.1 Å². The van der Waals surface area contributed by atoms with Crippen LogP contribution in [0.5, 0.6) is 0 Å². The Balaban J connectivity index is 1.53. The molecule has 5 heteroatoms. The first-order chi connectivity index (χ1) is 6.84. The normalized spacial score (nSPS) is 15.8. The molecule has 0 radical (unpaired) electrons. The van der Waals surface area contributed by atoms with E-state index in [1.54, 1.807) is 0 Å². The lowest BCUT2D eigenvalue weighted by molar-refractivity contribution is 0.134. The molecule has 1 aliphatic carbocycles. The average Bonchev–Trinajstić information content (AvgIpc) is 2.89. The highest BCUT2D eigenvalue weighted by Crippen LogP contribution is 2.28. The van der Waals surface area contributed by atoms with E-state index in [4.69, 9.17) is 4.74 Å². The van der Waals surface area contributed by atoms with Gasteiger partial charge in [-0.1, -0.05) is 0 Å². The van der Waals surface area contributed by atoms with Crippen molar-refractivity contribution in [2.24, 2.45) is 5.92 Å². The molecule has 1 heterocycles. The molecule has 0 amide bonds. The summed E-state index contributed by atoms with van der Waals surface area (Å²) in [7, 11) is 0. The van der Waals surface area contributed by atoms with Crippen LogP contribution in [-0.4, -0.2) is 29.1 Å². The summed E-state index contributed by atoms with van der Waals surface area (Å²) in [5.41, 5.74) is 0. The summed E-state index contributed by atoms with van der Waals surface area (Å²) in [6.45, 7) is 4.40. The van der Waals surface area contributed by atoms with E-state index in [1.807, 2.05) is 6.92 Å². The smallest absolute Gasteiger partial charge is 0.202 e. The van der Waals surface area contributed by atoms with Crippen LogP contribution in [0.1, 0.15) is 18.7 Å². The zero-order chi connectivity index (χ0) is 9.80. The van der Waals surface area contributed by atoms with Gasteiger partial charge in [-0.15, -0.1) is 0 Å². The Kier molecular flexibility index (Phi) is 3.31. The predicted molar refractivity (Wildman–Crippen MR) is 56.7 cm³/mol. The van der Waals surface area contributed by atoms with Gasteiger partial charge in [0.1, 0.15) is 5.82 Å². The van der Waals surface area contributed by atoms with E-state index in [0.29, 0.717) is 0 Å². The van der Waals surface area contributed by atoms with E-state index in [1.165, 1.54) is 24.4 Å². The van der Waals surface area contributed by atoms with Crippen molar-refractivity contribution >= 4 is 16.7 Å². The second-order valence-electron chi connectivity index (χ2n) is 3.59. The van der Waals surface area contributed by atoms with Gasteiger partial charge in [-0.25, -0.2) is 4.98 Å². The Morgan fingerprint density at radius 1 is 1.57 bits per heavy atom. The Bertz CT molecular complexity index is 285. The molecule has 14 heavy (non-hydrogen) atoms. The molecule has 1 saturated carbocycles. The Morgan fingerprint density at radius 3 is 3.07 bits per heavy atom. The summed E-state index contributed by atoms with van der Waals surface area (Å²) in [6.07, 6.45) is 2.70. The number of aromatic nitrogens is 2. The highest BCUT2D eigenvalue weighted by Gasteiger charge is 2.20. The molecule has 1 N–H and O–H groups in total. The van der Waals surface area contributed by atoms with E-state index in [2.05, 4.69) is 14.7 Å². The van der Waals surface area contributed by atoms with Crippen LogP contribution in [0.3, 0.4) is 0 Å². The lowest BCUT2D eigenvalue weighted by Gasteiger charge is -2.03. The largest absolute Gasteiger partial charge is 0.379 e. The maximum absolute atomic E-state index is 5.48. The fourth-order valence-corrected chi connectivity index (χ4v) is 1.73. The summed E-state index contributed by atoms with van der Waals surface area (Å²) in [5, 5.41) is 4.07. The van der Waals surface area contributed by atoms with Gasteiger partial charge in [0.25, 0.3) is 0 Å². The van der Waals surface area contributed by atoms with E-state index in [0.717, 1.165) is 36.6 Å². The molecule has 2 rings (SSSR count). The molecule has 0 unspecified atom stereocenters. The van der Waals surface area contributed by atoms with Crippen LogP contribution >= 0.6 is 11.5 Å². The minimum atomic E-state index is 0.759. The Morgan fingerprint density at radius 2 is 2.43 bits per heavy atom. The molecule has 0 aromatic carbocycles. The standard InChI is InChI=1S/C9H15N3OS/c1-7-11-9(14-12-7)10-4-5-13-6-8-2-3-8/h8H,2-6H2,1H3,(H,10,11,12). The van der Waals surface area contributed by atoms with Crippen LogP contribution in [0.25, 0.3) is 0 Å². The van der Waals surface area contributed by atoms with E-state index < -0.39 is 0 Å². The summed E-state index contributed by atoms with van der Waals surface area (Å²) in [4.78, 5) is 4.20. The molecule has 1 aromatic heterocycles. The van der Waals surface area contributed by atoms with Crippen LogP contribution in [0, 0.1) is 12.8 Å². The summed E-state index contributed by atoms with van der Waals surface area (Å²) >= 11 is 1.40. The van der Waals surface area contributed by atoms with Crippen molar-refractivity contribution in [3.63, 3.8) is 0 Å². The number of ether oxygens (including phenoxy) is 1. The van der Waals surface area contributed by atoms with Gasteiger partial charge in [-0.05, 0) is 25.7 Å². The zero-order valence-electron chi connectivity index (χ0n) is 8.32. The van der Waals surface area contributed by atoms with E-state index in [9.17, 15) is 0 Å². The van der Waals surface area contributed by atoms with Gasteiger partial charge >= 0.3 is 0 Å². The number of hydrogen-bond donors (Lipinski definition) is 1. The number of aryl methyl sites for hydroxylation is 1. The maximum atomic E-state index is 5.48. The second-order valence-corrected chi connectivity index (χ2v) is 4.34. The number of hydrogen-bond acceptors (Lipinski definition) is 5. The van der Waals surface area contributed by atoms with Crippen molar-refractivity contribution in [1.82, 2.24) is 9.36 Å². The molecule has 0 atom stereocenters. The lowest BCUT2D eigenvalue weighted by Crippen LogP contribution is -2.10. The quantitative estimate of drug-likeness (QED) is 0.730. The highest BCUT2D eigenvalue weighted by molar-refractivity contribution is 7.09. The monoisotopic (exact) mass is 213 g/mol. The van der Waals surface area contributed by atoms with E-state index in [-0.39, 0.29) is 0 Å². The minimum absolute atomic E-state index is 0.759. The van der Waals surface area contributed by atoms with Gasteiger partial charge in [-0.3, -0.25) is 0 Å². The molecule has 78 valence electrons. The van der Waals surface area contributed by atoms with Crippen molar-refractivity contribution in [3.8, 4) is 0 Å². The first-order valence-electron chi connectivity index (χ1n) is 4.96. The highest BCUT2D eigenvalue weighted by atomic mass is 32.1. The number of rotatable bonds is 6. The lowest BCUT2D eigenvalue weighted by atomic mass is 10.5. The van der Waals surface area contributed by atoms with Crippen molar-refractivity contribution in [1.29, 1.82) is 0 Å². The zero-order valence-corrected chi connectivity index (χ0v) is 9.14. The third-order valence-corrected chi connectivity index (χ3v) is 2.86. The van der Waals surface area contributed by atoms with E-state index >= 15 is 0 Å². The molecule has 1 aromatic rings. The molecule has 0 spiro atoms. The molecule has 1 fully saturated rings. The fraction of sp³-hybridized carbons (Fsp3) is 0.778. The molecule has 0 bridgehead atoms. The maximum Gasteiger partial charge on any atom is 0.202 e. The van der Waals surface area contributed by atoms with Crippen LogP contribution in [0.15, 0.2) is 0 Å². The van der Waals surface area contributed by atoms with Gasteiger partial charge < -0.3 is 10.1 Å². The topological polar surface area (TPSA) is 47.0 Å². The SMILES string of the molecule is Cc1nsc(NCCOCC2CC2)n1. The van der Waals surface area contributed by atoms with Crippen molar-refractivity contribution < 1.29 is 4.74 Å². The third kappa shape index (κ3) is 3.23. The van der Waals surface area contributed by atoms with Gasteiger partial charge in [0.05, 0.1) is 6.61 Å². The first kappa shape index (κ1) is 9.86. The predicted octanol–water partition coefficient (Wildman–Crippen LogP) is 1.69. The third-order valence-electron chi connectivity index (χ3n) is 2.10. The molecular weight excluding hydrogens is 198 g/mol. The van der Waals surface area contributed by atoms with Crippen LogP contribution < -0.4 is 5.32 Å². The summed E-state index contributed by atoms with van der Waals surface area (Å²) in [5.74, 6) is 1.68. The first-order valence-corrected chi connectivity index (χ1v) is 5.74. The van der Waals surface area contributed by atoms with Crippen LogP contribution in [-0.2, 0) is 4.74 Å². The van der Waals surface area contributed by atoms with Crippen molar-refractivity contribution in [2.45, 2.75) is 19.8 Å².